The molecule has 2 aromatic heterocycles. The summed E-state index contributed by atoms with van der Waals surface area (Å²) in [6, 6.07) is 16.8. The van der Waals surface area contributed by atoms with Gasteiger partial charge in [0.2, 0.25) is 4.96 Å². The first kappa shape index (κ1) is 22.1. The van der Waals surface area contributed by atoms with Crippen LogP contribution in [0.25, 0.3) is 15.5 Å². The summed E-state index contributed by atoms with van der Waals surface area (Å²) in [6.07, 6.45) is 0. The summed E-state index contributed by atoms with van der Waals surface area (Å²) in [5.41, 5.74) is 2.54. The molecule has 0 bridgehead atoms. The number of ether oxygens (including phenoxy) is 1. The predicted octanol–water partition coefficient (Wildman–Crippen LogP) is 3.49. The first-order chi connectivity index (χ1) is 16.5. The lowest BCUT2D eigenvalue weighted by Crippen LogP contribution is -2.49. The summed E-state index contributed by atoms with van der Waals surface area (Å²) < 4.78 is 6.81. The van der Waals surface area contributed by atoms with Gasteiger partial charge in [0.15, 0.2) is 0 Å². The molecule has 9 heteroatoms. The van der Waals surface area contributed by atoms with E-state index in [0.29, 0.717) is 49.1 Å². The molecule has 1 aliphatic rings. The summed E-state index contributed by atoms with van der Waals surface area (Å²) >= 11 is 1.40. The van der Waals surface area contributed by atoms with Gasteiger partial charge in [-0.25, -0.2) is 4.98 Å². The molecule has 1 fully saturated rings. The van der Waals surface area contributed by atoms with Crippen molar-refractivity contribution in [1.82, 2.24) is 19.5 Å². The van der Waals surface area contributed by atoms with E-state index in [9.17, 15) is 9.59 Å². The van der Waals surface area contributed by atoms with Gasteiger partial charge in [-0.15, -0.1) is 0 Å². The maximum atomic E-state index is 12.9. The SMILES string of the molecule is CCOc1ccc(C(=O)N2CCN(c3cc(=O)n4nc(-c5cccc(C)c5)sc4n3)CC2)cc1. The van der Waals surface area contributed by atoms with E-state index < -0.39 is 0 Å². The smallest absolute Gasteiger partial charge is 0.277 e. The number of hydrogen-bond acceptors (Lipinski definition) is 7. The van der Waals surface area contributed by atoms with Crippen LogP contribution in [0.15, 0.2) is 59.4 Å². The van der Waals surface area contributed by atoms with Crippen LogP contribution >= 0.6 is 11.3 Å². The van der Waals surface area contributed by atoms with Gasteiger partial charge < -0.3 is 14.5 Å². The summed E-state index contributed by atoms with van der Waals surface area (Å²) in [6.45, 7) is 6.88. The number of carbonyl (C=O) groups excluding carboxylic acids is 1. The second kappa shape index (κ2) is 9.26. The third kappa shape index (κ3) is 4.38. The van der Waals surface area contributed by atoms with Gasteiger partial charge in [0.25, 0.3) is 11.5 Å². The number of carbonyl (C=O) groups is 1. The highest BCUT2D eigenvalue weighted by atomic mass is 32.1. The molecule has 0 saturated carbocycles. The minimum absolute atomic E-state index is 0.00330. The van der Waals surface area contributed by atoms with Crippen LogP contribution in [0.2, 0.25) is 0 Å². The number of amides is 1. The van der Waals surface area contributed by atoms with Gasteiger partial charge in [0, 0.05) is 43.4 Å². The molecule has 8 nitrogen and oxygen atoms in total. The van der Waals surface area contributed by atoms with E-state index in [1.54, 1.807) is 12.1 Å². The lowest BCUT2D eigenvalue weighted by Gasteiger charge is -2.35. The molecule has 2 aromatic carbocycles. The molecule has 0 atom stereocenters. The number of piperazine rings is 1. The maximum Gasteiger partial charge on any atom is 0.277 e. The van der Waals surface area contributed by atoms with Gasteiger partial charge in [-0.05, 0) is 44.2 Å². The van der Waals surface area contributed by atoms with E-state index in [1.165, 1.54) is 21.9 Å². The van der Waals surface area contributed by atoms with Crippen molar-refractivity contribution in [1.29, 1.82) is 0 Å². The van der Waals surface area contributed by atoms with E-state index in [-0.39, 0.29) is 11.5 Å². The van der Waals surface area contributed by atoms with Crippen LogP contribution in [0.5, 0.6) is 5.75 Å². The number of anilines is 1. The van der Waals surface area contributed by atoms with Crippen molar-refractivity contribution in [3.05, 3.63) is 76.1 Å². The molecule has 0 unspecified atom stereocenters. The number of benzene rings is 2. The van der Waals surface area contributed by atoms with Gasteiger partial charge in [-0.1, -0.05) is 35.1 Å². The fourth-order valence-electron chi connectivity index (χ4n) is 4.04. The molecule has 1 aliphatic heterocycles. The predicted molar refractivity (Wildman–Crippen MR) is 133 cm³/mol. The fraction of sp³-hybridized carbons (Fsp3) is 0.280. The van der Waals surface area contributed by atoms with Crippen LogP contribution in [-0.2, 0) is 0 Å². The maximum absolute atomic E-state index is 12.9. The molecule has 34 heavy (non-hydrogen) atoms. The molecule has 0 aliphatic carbocycles. The summed E-state index contributed by atoms with van der Waals surface area (Å²) in [7, 11) is 0. The third-order valence-corrected chi connectivity index (χ3v) is 6.76. The van der Waals surface area contributed by atoms with Crippen LogP contribution in [-0.4, -0.2) is 58.2 Å². The number of aromatic nitrogens is 3. The van der Waals surface area contributed by atoms with Crippen molar-refractivity contribution in [2.45, 2.75) is 13.8 Å². The molecular formula is C25H25N5O3S. The topological polar surface area (TPSA) is 80.0 Å². The summed E-state index contributed by atoms with van der Waals surface area (Å²) in [5.74, 6) is 1.37. The van der Waals surface area contributed by atoms with Gasteiger partial charge >= 0.3 is 0 Å². The summed E-state index contributed by atoms with van der Waals surface area (Å²) in [4.78, 5) is 34.8. The van der Waals surface area contributed by atoms with Crippen molar-refractivity contribution in [3.63, 3.8) is 0 Å². The van der Waals surface area contributed by atoms with Gasteiger partial charge in [0.1, 0.15) is 16.6 Å². The highest BCUT2D eigenvalue weighted by Gasteiger charge is 2.24. The van der Waals surface area contributed by atoms with E-state index in [0.717, 1.165) is 21.9 Å². The first-order valence-electron chi connectivity index (χ1n) is 11.3. The van der Waals surface area contributed by atoms with Crippen molar-refractivity contribution < 1.29 is 9.53 Å². The Morgan fingerprint density at radius 2 is 1.82 bits per heavy atom. The average molecular weight is 476 g/mol. The summed E-state index contributed by atoms with van der Waals surface area (Å²) in [5, 5.41) is 5.24. The Kier molecular flexibility index (Phi) is 6.02. The lowest BCUT2D eigenvalue weighted by molar-refractivity contribution is 0.0746. The minimum atomic E-state index is -0.206. The molecule has 5 rings (SSSR count). The Balaban J connectivity index is 1.30. The zero-order valence-corrected chi connectivity index (χ0v) is 19.9. The van der Waals surface area contributed by atoms with Gasteiger partial charge in [-0.2, -0.15) is 9.61 Å². The number of fused-ring (bicyclic) bond motifs is 1. The molecule has 0 radical (unpaired) electrons. The Hall–Kier alpha value is -3.72. The molecule has 3 heterocycles. The van der Waals surface area contributed by atoms with Crippen molar-refractivity contribution in [2.75, 3.05) is 37.7 Å². The van der Waals surface area contributed by atoms with E-state index in [1.807, 2.05) is 55.1 Å². The number of nitrogens with zero attached hydrogens (tertiary/aromatic N) is 5. The molecule has 0 spiro atoms. The first-order valence-corrected chi connectivity index (χ1v) is 12.1. The van der Waals surface area contributed by atoms with Crippen molar-refractivity contribution in [2.24, 2.45) is 0 Å². The zero-order valence-electron chi connectivity index (χ0n) is 19.1. The number of rotatable bonds is 5. The lowest BCUT2D eigenvalue weighted by atomic mass is 10.1. The molecule has 174 valence electrons. The highest BCUT2D eigenvalue weighted by molar-refractivity contribution is 7.19. The van der Waals surface area contributed by atoms with Crippen LogP contribution in [0, 0.1) is 6.92 Å². The van der Waals surface area contributed by atoms with Crippen molar-refractivity contribution >= 4 is 28.0 Å². The van der Waals surface area contributed by atoms with E-state index in [4.69, 9.17) is 9.72 Å². The standard InChI is InChI=1S/C25H25N5O3S/c1-3-33-20-9-7-18(8-10-20)24(32)29-13-11-28(12-14-29)21-16-22(31)30-25(26-21)34-23(27-30)19-6-4-5-17(2)15-19/h4-10,15-16H,3,11-14H2,1-2H3. The monoisotopic (exact) mass is 475 g/mol. The van der Waals surface area contributed by atoms with E-state index >= 15 is 0 Å². The second-order valence-electron chi connectivity index (χ2n) is 8.16. The average Bonchev–Trinajstić information content (AvgIpc) is 3.30. The molecule has 4 aromatic rings. The molecule has 0 N–H and O–H groups in total. The number of hydrogen-bond donors (Lipinski definition) is 0. The van der Waals surface area contributed by atoms with Crippen LogP contribution < -0.4 is 15.2 Å². The highest BCUT2D eigenvalue weighted by Crippen LogP contribution is 2.26. The minimum Gasteiger partial charge on any atom is -0.494 e. The molecular weight excluding hydrogens is 450 g/mol. The van der Waals surface area contributed by atoms with Gasteiger partial charge in [-0.3, -0.25) is 9.59 Å². The van der Waals surface area contributed by atoms with Crippen molar-refractivity contribution in [3.8, 4) is 16.3 Å². The van der Waals surface area contributed by atoms with Crippen LogP contribution in [0.3, 0.4) is 0 Å². The molecule has 1 saturated heterocycles. The molecule has 1 amide bonds. The Labute approximate surface area is 201 Å². The van der Waals surface area contributed by atoms with E-state index in [2.05, 4.69) is 10.00 Å². The second-order valence-corrected chi connectivity index (χ2v) is 9.12. The largest absolute Gasteiger partial charge is 0.494 e. The fourth-order valence-corrected chi connectivity index (χ4v) is 4.93. The zero-order chi connectivity index (χ0) is 23.7. The third-order valence-electron chi connectivity index (χ3n) is 5.80. The normalized spacial score (nSPS) is 13.9. The Morgan fingerprint density at radius 3 is 2.53 bits per heavy atom. The number of aryl methyl sites for hydroxylation is 1. The quantitative estimate of drug-likeness (QED) is 0.440. The Morgan fingerprint density at radius 1 is 1.06 bits per heavy atom. The Bertz CT molecular complexity index is 1390. The van der Waals surface area contributed by atoms with Crippen LogP contribution in [0.1, 0.15) is 22.8 Å². The van der Waals surface area contributed by atoms with Crippen LogP contribution in [0.4, 0.5) is 5.82 Å². The van der Waals surface area contributed by atoms with Gasteiger partial charge in [0.05, 0.1) is 6.61 Å².